The molecule has 8 heteroatoms. The van der Waals surface area contributed by atoms with Crippen LogP contribution in [0.25, 0.3) is 0 Å². The molecule has 2 aromatic carbocycles. The van der Waals surface area contributed by atoms with Crippen LogP contribution < -0.4 is 23.7 Å². The lowest BCUT2D eigenvalue weighted by molar-refractivity contribution is -0.141. The first-order chi connectivity index (χ1) is 14.6. The molecule has 2 aliphatic heterocycles. The van der Waals surface area contributed by atoms with E-state index in [4.69, 9.17) is 28.4 Å². The highest BCUT2D eigenvalue weighted by Crippen LogP contribution is 2.52. The molecular formula is C22H20O8. The predicted molar refractivity (Wildman–Crippen MR) is 103 cm³/mol. The SMILES string of the molecule is COc1cc([C@@H]2c3cc4c(cc3C(=O)[C@@H]3COC(=O)[C@@H]23)OCO4)cc(OC)c1OC. The van der Waals surface area contributed by atoms with Crippen LogP contribution in [0.5, 0.6) is 28.7 Å². The second kappa shape index (κ2) is 6.83. The molecule has 0 unspecified atom stereocenters. The summed E-state index contributed by atoms with van der Waals surface area (Å²) >= 11 is 0. The number of rotatable bonds is 4. The Bertz CT molecular complexity index is 1030. The van der Waals surface area contributed by atoms with Crippen molar-refractivity contribution in [2.45, 2.75) is 5.92 Å². The Kier molecular flexibility index (Phi) is 4.23. The van der Waals surface area contributed by atoms with Gasteiger partial charge in [-0.1, -0.05) is 0 Å². The van der Waals surface area contributed by atoms with Gasteiger partial charge in [-0.2, -0.15) is 0 Å². The van der Waals surface area contributed by atoms with Crippen LogP contribution in [0.3, 0.4) is 0 Å². The molecule has 2 heterocycles. The monoisotopic (exact) mass is 412 g/mol. The molecule has 3 aliphatic rings. The molecule has 0 bridgehead atoms. The summed E-state index contributed by atoms with van der Waals surface area (Å²) in [5.41, 5.74) is 1.96. The first-order valence-electron chi connectivity index (χ1n) is 9.51. The van der Waals surface area contributed by atoms with Crippen molar-refractivity contribution in [1.29, 1.82) is 0 Å². The zero-order valence-electron chi connectivity index (χ0n) is 16.7. The fourth-order valence-corrected chi connectivity index (χ4v) is 4.63. The van der Waals surface area contributed by atoms with Crippen molar-refractivity contribution in [3.8, 4) is 28.7 Å². The van der Waals surface area contributed by atoms with Gasteiger partial charge >= 0.3 is 5.97 Å². The Labute approximate surface area is 172 Å². The van der Waals surface area contributed by atoms with Crippen LogP contribution in [-0.4, -0.2) is 46.5 Å². The topological polar surface area (TPSA) is 89.5 Å². The third-order valence-corrected chi connectivity index (χ3v) is 6.00. The smallest absolute Gasteiger partial charge is 0.310 e. The lowest BCUT2D eigenvalue weighted by atomic mass is 9.67. The number of cyclic esters (lactones) is 1. The molecule has 0 aromatic heterocycles. The number of ketones is 1. The van der Waals surface area contributed by atoms with Gasteiger partial charge in [-0.15, -0.1) is 0 Å². The van der Waals surface area contributed by atoms with Crippen LogP contribution >= 0.6 is 0 Å². The van der Waals surface area contributed by atoms with E-state index in [2.05, 4.69) is 0 Å². The van der Waals surface area contributed by atoms with E-state index in [0.717, 1.165) is 5.56 Å². The average molecular weight is 412 g/mol. The lowest BCUT2D eigenvalue weighted by Crippen LogP contribution is -2.36. The number of benzene rings is 2. The van der Waals surface area contributed by atoms with E-state index in [1.54, 1.807) is 24.3 Å². The minimum absolute atomic E-state index is 0.0666. The normalized spacial score (nSPS) is 23.5. The van der Waals surface area contributed by atoms with Crippen LogP contribution in [-0.2, 0) is 9.53 Å². The van der Waals surface area contributed by atoms with Gasteiger partial charge in [0.1, 0.15) is 6.61 Å². The summed E-state index contributed by atoms with van der Waals surface area (Å²) < 4.78 is 32.7. The number of Topliss-reactive ketones (excluding diaryl/α,β-unsaturated/α-hetero) is 1. The zero-order chi connectivity index (χ0) is 21.0. The summed E-state index contributed by atoms with van der Waals surface area (Å²) in [4.78, 5) is 25.9. The minimum atomic E-state index is -0.645. The number of hydrogen-bond acceptors (Lipinski definition) is 8. The van der Waals surface area contributed by atoms with Crippen LogP contribution in [0.2, 0.25) is 0 Å². The van der Waals surface area contributed by atoms with Crippen molar-refractivity contribution in [3.63, 3.8) is 0 Å². The standard InChI is InChI=1S/C22H20O8/c1-25-16-4-10(5-17(26-2)21(16)27-3)18-11-6-14-15(30-9-29-14)7-12(11)20(23)13-8-28-22(24)19(13)18/h4-7,13,18-19H,8-9H2,1-3H3/t13-,18-,19-/m1/s1. The Hall–Kier alpha value is -3.42. The van der Waals surface area contributed by atoms with Crippen molar-refractivity contribution in [2.75, 3.05) is 34.7 Å². The summed E-state index contributed by atoms with van der Waals surface area (Å²) in [6.45, 7) is 0.160. The molecule has 0 spiro atoms. The van der Waals surface area contributed by atoms with E-state index in [1.165, 1.54) is 21.3 Å². The maximum atomic E-state index is 13.2. The predicted octanol–water partition coefficient (Wildman–Crippen LogP) is 2.56. The number of hydrogen-bond donors (Lipinski definition) is 0. The van der Waals surface area contributed by atoms with Gasteiger partial charge in [-0.25, -0.2) is 0 Å². The van der Waals surface area contributed by atoms with E-state index >= 15 is 0 Å². The Morgan fingerprint density at radius 1 is 0.867 bits per heavy atom. The van der Waals surface area contributed by atoms with Crippen LogP contribution in [0.15, 0.2) is 24.3 Å². The second-order valence-electron chi connectivity index (χ2n) is 7.36. The molecule has 0 amide bonds. The Balaban J connectivity index is 1.75. The van der Waals surface area contributed by atoms with E-state index in [1.807, 2.05) is 0 Å². The van der Waals surface area contributed by atoms with Crippen molar-refractivity contribution >= 4 is 11.8 Å². The maximum absolute atomic E-state index is 13.2. The number of methoxy groups -OCH3 is 3. The Morgan fingerprint density at radius 3 is 2.17 bits per heavy atom. The fraction of sp³-hybridized carbons (Fsp3) is 0.364. The molecule has 0 N–H and O–H groups in total. The first-order valence-corrected chi connectivity index (χ1v) is 9.51. The summed E-state index contributed by atoms with van der Waals surface area (Å²) in [6.07, 6.45) is 0. The van der Waals surface area contributed by atoms with Crippen LogP contribution in [0.1, 0.15) is 27.4 Å². The molecule has 0 saturated carbocycles. The summed E-state index contributed by atoms with van der Waals surface area (Å²) in [7, 11) is 4.59. The molecule has 2 aromatic rings. The number of ether oxygens (including phenoxy) is 6. The quantitative estimate of drug-likeness (QED) is 0.708. The molecule has 5 rings (SSSR count). The van der Waals surface area contributed by atoms with Crippen LogP contribution in [0, 0.1) is 11.8 Å². The first kappa shape index (κ1) is 18.6. The molecule has 1 fully saturated rings. The molecular weight excluding hydrogens is 392 g/mol. The van der Waals surface area contributed by atoms with Gasteiger partial charge in [-0.05, 0) is 35.4 Å². The van der Waals surface area contributed by atoms with E-state index < -0.39 is 23.7 Å². The minimum Gasteiger partial charge on any atom is -0.493 e. The highest BCUT2D eigenvalue weighted by molar-refractivity contribution is 6.05. The second-order valence-corrected chi connectivity index (χ2v) is 7.36. The third-order valence-electron chi connectivity index (χ3n) is 6.00. The molecule has 30 heavy (non-hydrogen) atoms. The summed E-state index contributed by atoms with van der Waals surface area (Å²) in [6, 6.07) is 7.09. The zero-order valence-corrected chi connectivity index (χ0v) is 16.7. The largest absolute Gasteiger partial charge is 0.493 e. The molecule has 0 radical (unpaired) electrons. The van der Waals surface area contributed by atoms with E-state index in [-0.39, 0.29) is 19.2 Å². The van der Waals surface area contributed by atoms with Crippen LogP contribution in [0.4, 0.5) is 0 Å². The third kappa shape index (κ3) is 2.52. The number of esters is 1. The Morgan fingerprint density at radius 2 is 1.53 bits per heavy atom. The number of carbonyl (C=O) groups is 2. The lowest BCUT2D eigenvalue weighted by Gasteiger charge is -2.33. The van der Waals surface area contributed by atoms with Gasteiger partial charge in [0.15, 0.2) is 28.8 Å². The van der Waals surface area contributed by atoms with Gasteiger partial charge in [0, 0.05) is 11.5 Å². The van der Waals surface area contributed by atoms with Crippen molar-refractivity contribution in [2.24, 2.45) is 11.8 Å². The fourth-order valence-electron chi connectivity index (χ4n) is 4.63. The average Bonchev–Trinajstić information content (AvgIpc) is 3.38. The van der Waals surface area contributed by atoms with Gasteiger partial charge in [0.2, 0.25) is 12.5 Å². The highest BCUT2D eigenvalue weighted by atomic mass is 16.7. The van der Waals surface area contributed by atoms with Gasteiger partial charge in [-0.3, -0.25) is 9.59 Å². The van der Waals surface area contributed by atoms with Crippen molar-refractivity contribution < 1.29 is 38.0 Å². The van der Waals surface area contributed by atoms with E-state index in [9.17, 15) is 9.59 Å². The molecule has 3 atom stereocenters. The number of carbonyl (C=O) groups excluding carboxylic acids is 2. The van der Waals surface area contributed by atoms with Gasteiger partial charge in [0.25, 0.3) is 0 Å². The molecule has 156 valence electrons. The molecule has 8 nitrogen and oxygen atoms in total. The summed E-state index contributed by atoms with van der Waals surface area (Å²) in [5.74, 6) is 0.287. The molecule has 1 aliphatic carbocycles. The van der Waals surface area contributed by atoms with Gasteiger partial charge in [0.05, 0.1) is 33.2 Å². The molecule has 1 saturated heterocycles. The van der Waals surface area contributed by atoms with E-state index in [0.29, 0.717) is 39.9 Å². The van der Waals surface area contributed by atoms with Crippen molar-refractivity contribution in [3.05, 3.63) is 41.0 Å². The van der Waals surface area contributed by atoms with Gasteiger partial charge < -0.3 is 28.4 Å². The summed E-state index contributed by atoms with van der Waals surface area (Å²) in [5, 5.41) is 0. The maximum Gasteiger partial charge on any atom is 0.310 e. The highest BCUT2D eigenvalue weighted by Gasteiger charge is 2.52. The number of fused-ring (bicyclic) bond motifs is 3. The van der Waals surface area contributed by atoms with Crippen molar-refractivity contribution in [1.82, 2.24) is 0 Å².